The number of aromatic nitrogens is 2. The van der Waals surface area contributed by atoms with Crippen LogP contribution in [0.25, 0.3) is 10.9 Å². The van der Waals surface area contributed by atoms with Crippen molar-refractivity contribution in [3.63, 3.8) is 0 Å². The molecule has 1 heterocycles. The highest BCUT2D eigenvalue weighted by molar-refractivity contribution is 7.92. The second kappa shape index (κ2) is 10.4. The largest absolute Gasteiger partial charge is 0.492 e. The Labute approximate surface area is 200 Å². The molecule has 0 spiro atoms. The Hall–Kier alpha value is -3.18. The lowest BCUT2D eigenvalue weighted by Gasteiger charge is -2.15. The number of hydrogen-bond donors (Lipinski definition) is 4. The van der Waals surface area contributed by atoms with E-state index in [9.17, 15) is 17.9 Å². The van der Waals surface area contributed by atoms with E-state index in [1.165, 1.54) is 12.1 Å². The molecule has 1 aromatic heterocycles. The number of aromatic amines is 1. The number of rotatable bonds is 10. The Bertz CT molecular complexity index is 1380. The van der Waals surface area contributed by atoms with Crippen molar-refractivity contribution < 1.29 is 22.7 Å². The van der Waals surface area contributed by atoms with Gasteiger partial charge >= 0.3 is 0 Å². The van der Waals surface area contributed by atoms with Crippen LogP contribution in [0, 0.1) is 5.82 Å². The molecule has 1 atom stereocenters. The molecule has 0 saturated carbocycles. The number of aliphatic hydroxyl groups is 1. The fourth-order valence-electron chi connectivity index (χ4n) is 3.29. The maximum Gasteiger partial charge on any atom is 0.261 e. The van der Waals surface area contributed by atoms with Gasteiger partial charge in [-0.05, 0) is 54.1 Å². The molecular formula is C23H22ClFN4O4S. The van der Waals surface area contributed by atoms with Gasteiger partial charge in [-0.3, -0.25) is 9.82 Å². The van der Waals surface area contributed by atoms with E-state index in [2.05, 4.69) is 20.2 Å². The Morgan fingerprint density at radius 3 is 2.71 bits per heavy atom. The minimum Gasteiger partial charge on any atom is -0.492 e. The van der Waals surface area contributed by atoms with Crippen LogP contribution in [0.1, 0.15) is 11.7 Å². The highest BCUT2D eigenvalue weighted by Gasteiger charge is 2.15. The lowest BCUT2D eigenvalue weighted by atomic mass is 10.1. The highest BCUT2D eigenvalue weighted by atomic mass is 35.5. The van der Waals surface area contributed by atoms with E-state index < -0.39 is 21.9 Å². The number of nitrogens with one attached hydrogen (secondary N) is 3. The third-order valence-electron chi connectivity index (χ3n) is 5.02. The predicted molar refractivity (Wildman–Crippen MR) is 128 cm³/mol. The molecule has 0 radical (unpaired) electrons. The number of H-pyrrole nitrogens is 1. The summed E-state index contributed by atoms with van der Waals surface area (Å²) in [5.74, 6) is 0.141. The van der Waals surface area contributed by atoms with Gasteiger partial charge in [0.1, 0.15) is 18.2 Å². The number of aliphatic hydroxyl groups excluding tert-OH is 1. The van der Waals surface area contributed by atoms with Gasteiger partial charge in [-0.25, -0.2) is 12.8 Å². The standard InChI is InChI=1S/C23H22ClFN4O4S/c24-23-20-9-6-18(13-21(20)27-28-23)33-11-10-26-14-22(30)15-2-1-3-17(12-15)29-34(31,32)19-7-4-16(25)5-8-19/h1-9,12-13,22,26,29-30H,10-11,14H2,(H,27,28). The number of fused-ring (bicyclic) bond motifs is 1. The van der Waals surface area contributed by atoms with Gasteiger partial charge in [0, 0.05) is 30.2 Å². The second-order valence-electron chi connectivity index (χ2n) is 7.48. The minimum absolute atomic E-state index is 0.0590. The first kappa shape index (κ1) is 24.0. The van der Waals surface area contributed by atoms with Crippen LogP contribution in [0.2, 0.25) is 5.15 Å². The van der Waals surface area contributed by atoms with Gasteiger partial charge < -0.3 is 15.2 Å². The minimum atomic E-state index is -3.88. The zero-order chi connectivity index (χ0) is 24.1. The van der Waals surface area contributed by atoms with Crippen molar-refractivity contribution in [2.45, 2.75) is 11.0 Å². The summed E-state index contributed by atoms with van der Waals surface area (Å²) in [4.78, 5) is -0.0590. The summed E-state index contributed by atoms with van der Waals surface area (Å²) in [5.41, 5.74) is 1.61. The average molecular weight is 505 g/mol. The van der Waals surface area contributed by atoms with E-state index in [-0.39, 0.29) is 11.4 Å². The predicted octanol–water partition coefficient (Wildman–Crippen LogP) is 3.86. The Morgan fingerprint density at radius 1 is 1.12 bits per heavy atom. The quantitative estimate of drug-likeness (QED) is 0.244. The lowest BCUT2D eigenvalue weighted by Crippen LogP contribution is -2.26. The van der Waals surface area contributed by atoms with Crippen molar-refractivity contribution in [1.82, 2.24) is 15.5 Å². The zero-order valence-corrected chi connectivity index (χ0v) is 19.4. The number of benzene rings is 3. The number of sulfonamides is 1. The fraction of sp³-hybridized carbons (Fsp3) is 0.174. The average Bonchev–Trinajstić information content (AvgIpc) is 3.19. The number of hydrogen-bond acceptors (Lipinski definition) is 6. The van der Waals surface area contributed by atoms with Gasteiger partial charge in [0.15, 0.2) is 5.15 Å². The first-order chi connectivity index (χ1) is 16.3. The topological polar surface area (TPSA) is 116 Å². The molecule has 0 bridgehead atoms. The van der Waals surface area contributed by atoms with Gasteiger partial charge in [-0.2, -0.15) is 5.10 Å². The lowest BCUT2D eigenvalue weighted by molar-refractivity contribution is 0.172. The van der Waals surface area contributed by atoms with Gasteiger partial charge in [-0.1, -0.05) is 23.7 Å². The van der Waals surface area contributed by atoms with Crippen LogP contribution in [0.5, 0.6) is 5.75 Å². The van der Waals surface area contributed by atoms with Crippen LogP contribution in [0.15, 0.2) is 71.6 Å². The molecule has 3 aromatic carbocycles. The van der Waals surface area contributed by atoms with Gasteiger partial charge in [0.2, 0.25) is 0 Å². The van der Waals surface area contributed by atoms with E-state index in [0.29, 0.717) is 35.3 Å². The Kier molecular flexibility index (Phi) is 7.32. The molecule has 0 aliphatic carbocycles. The Morgan fingerprint density at radius 2 is 1.91 bits per heavy atom. The van der Waals surface area contributed by atoms with E-state index in [0.717, 1.165) is 23.0 Å². The van der Waals surface area contributed by atoms with Crippen LogP contribution >= 0.6 is 11.6 Å². The summed E-state index contributed by atoms with van der Waals surface area (Å²) in [5, 5.41) is 21.6. The third-order valence-corrected chi connectivity index (χ3v) is 6.71. The molecule has 4 rings (SSSR count). The van der Waals surface area contributed by atoms with E-state index in [1.54, 1.807) is 30.3 Å². The van der Waals surface area contributed by atoms with Crippen molar-refractivity contribution in [2.24, 2.45) is 0 Å². The molecule has 1 unspecified atom stereocenters. The molecule has 178 valence electrons. The van der Waals surface area contributed by atoms with Crippen LogP contribution in [0.4, 0.5) is 10.1 Å². The second-order valence-corrected chi connectivity index (χ2v) is 9.52. The maximum absolute atomic E-state index is 13.1. The van der Waals surface area contributed by atoms with Gasteiger partial charge in [-0.15, -0.1) is 0 Å². The molecule has 8 nitrogen and oxygen atoms in total. The van der Waals surface area contributed by atoms with E-state index in [1.807, 2.05) is 12.1 Å². The summed E-state index contributed by atoms with van der Waals surface area (Å²) in [6.07, 6.45) is -0.862. The van der Waals surface area contributed by atoms with Crippen LogP contribution < -0.4 is 14.8 Å². The molecular weight excluding hydrogens is 483 g/mol. The number of halogens is 2. The van der Waals surface area contributed by atoms with Crippen molar-refractivity contribution in [1.29, 1.82) is 0 Å². The smallest absolute Gasteiger partial charge is 0.261 e. The first-order valence-corrected chi connectivity index (χ1v) is 12.2. The molecule has 34 heavy (non-hydrogen) atoms. The van der Waals surface area contributed by atoms with Gasteiger partial charge in [0.05, 0.1) is 16.5 Å². The van der Waals surface area contributed by atoms with Crippen LogP contribution in [-0.2, 0) is 10.0 Å². The molecule has 4 N–H and O–H groups in total. The molecule has 0 fully saturated rings. The van der Waals surface area contributed by atoms with Crippen molar-refractivity contribution in [2.75, 3.05) is 24.4 Å². The molecule has 0 saturated heterocycles. The van der Waals surface area contributed by atoms with Crippen molar-refractivity contribution in [3.8, 4) is 5.75 Å². The SMILES string of the molecule is O=S(=O)(Nc1cccc(C(O)CNCCOc2ccc3c(Cl)n[nH]c3c2)c1)c1ccc(F)cc1. The number of anilines is 1. The van der Waals surface area contributed by atoms with Gasteiger partial charge in [0.25, 0.3) is 10.0 Å². The zero-order valence-electron chi connectivity index (χ0n) is 17.8. The molecule has 0 aliphatic rings. The molecule has 4 aromatic rings. The molecule has 0 amide bonds. The fourth-order valence-corrected chi connectivity index (χ4v) is 4.55. The summed E-state index contributed by atoms with van der Waals surface area (Å²) >= 11 is 5.96. The van der Waals surface area contributed by atoms with E-state index in [4.69, 9.17) is 16.3 Å². The van der Waals surface area contributed by atoms with Crippen molar-refractivity contribution >= 4 is 38.2 Å². The summed E-state index contributed by atoms with van der Waals surface area (Å²) in [6, 6.07) is 16.4. The maximum atomic E-state index is 13.1. The summed E-state index contributed by atoms with van der Waals surface area (Å²) < 4.78 is 46.2. The highest BCUT2D eigenvalue weighted by Crippen LogP contribution is 2.24. The monoisotopic (exact) mass is 504 g/mol. The van der Waals surface area contributed by atoms with E-state index >= 15 is 0 Å². The van der Waals surface area contributed by atoms with Crippen molar-refractivity contribution in [3.05, 3.63) is 83.3 Å². The molecule has 0 aliphatic heterocycles. The van der Waals surface area contributed by atoms with Crippen LogP contribution in [0.3, 0.4) is 0 Å². The summed E-state index contributed by atoms with van der Waals surface area (Å²) in [6.45, 7) is 1.10. The third kappa shape index (κ3) is 5.84. The number of ether oxygens (including phenoxy) is 1. The first-order valence-electron chi connectivity index (χ1n) is 10.4. The summed E-state index contributed by atoms with van der Waals surface area (Å²) in [7, 11) is -3.88. The molecule has 11 heteroatoms. The normalized spacial score (nSPS) is 12.6. The Balaban J connectivity index is 1.27. The van der Waals surface area contributed by atoms with Crippen LogP contribution in [-0.4, -0.2) is 43.4 Å². The number of nitrogens with zero attached hydrogens (tertiary/aromatic N) is 1.